The number of hydrogen-bond acceptors (Lipinski definition) is 7. The first-order chi connectivity index (χ1) is 8.43. The monoisotopic (exact) mass is 258 g/mol. The molecule has 0 saturated carbocycles. The molecule has 8 nitrogen and oxygen atoms in total. The lowest BCUT2D eigenvalue weighted by Gasteiger charge is -2.13. The molecule has 0 heterocycles. The zero-order valence-corrected chi connectivity index (χ0v) is 9.29. The summed E-state index contributed by atoms with van der Waals surface area (Å²) in [4.78, 5) is 10.7. The van der Waals surface area contributed by atoms with Crippen LogP contribution in [-0.2, 0) is 11.2 Å². The molecule has 1 atom stereocenters. The Morgan fingerprint density at radius 2 is 1.78 bits per heavy atom. The molecule has 0 bridgehead atoms. The third-order valence-electron chi connectivity index (χ3n) is 2.18. The number of hydroxylamine groups is 1. The molecular formula is C10H14N2O6. The highest BCUT2D eigenvalue weighted by Gasteiger charge is 2.12. The van der Waals surface area contributed by atoms with Crippen molar-refractivity contribution in [2.75, 3.05) is 6.54 Å². The molecule has 0 fully saturated rings. The second-order valence-electron chi connectivity index (χ2n) is 3.62. The molecule has 0 aliphatic rings. The van der Waals surface area contributed by atoms with Gasteiger partial charge in [-0.25, -0.2) is 5.48 Å². The van der Waals surface area contributed by atoms with Gasteiger partial charge < -0.3 is 20.4 Å². The average molecular weight is 258 g/mol. The molecule has 0 aliphatic carbocycles. The molecule has 18 heavy (non-hydrogen) atoms. The van der Waals surface area contributed by atoms with Crippen molar-refractivity contribution in [3.05, 3.63) is 17.7 Å². The minimum absolute atomic E-state index is 0.0138. The van der Waals surface area contributed by atoms with Gasteiger partial charge in [0, 0.05) is 6.42 Å². The van der Waals surface area contributed by atoms with Crippen molar-refractivity contribution < 1.29 is 30.4 Å². The zero-order chi connectivity index (χ0) is 13.7. The molecular weight excluding hydrogens is 244 g/mol. The van der Waals surface area contributed by atoms with Crippen molar-refractivity contribution >= 4 is 5.91 Å². The summed E-state index contributed by atoms with van der Waals surface area (Å²) in [5.41, 5.74) is 1.74. The van der Waals surface area contributed by atoms with Gasteiger partial charge in [-0.05, 0) is 17.7 Å². The summed E-state index contributed by atoms with van der Waals surface area (Å²) in [6.07, 6.45) is -1.13. The molecule has 7 N–H and O–H groups in total. The van der Waals surface area contributed by atoms with E-state index in [9.17, 15) is 20.1 Å². The van der Waals surface area contributed by atoms with E-state index in [0.29, 0.717) is 5.56 Å². The lowest BCUT2D eigenvalue weighted by molar-refractivity contribution is -0.128. The van der Waals surface area contributed by atoms with Crippen LogP contribution in [0.2, 0.25) is 0 Å². The van der Waals surface area contributed by atoms with Gasteiger partial charge in [0.1, 0.15) is 6.23 Å². The molecule has 8 heteroatoms. The van der Waals surface area contributed by atoms with Gasteiger partial charge in [0.25, 0.3) is 5.91 Å². The number of phenolic OH excluding ortho intramolecular Hbond substituents is 3. The second-order valence-corrected chi connectivity index (χ2v) is 3.62. The lowest BCUT2D eigenvalue weighted by atomic mass is 10.1. The third kappa shape index (κ3) is 3.77. The quantitative estimate of drug-likeness (QED) is 0.151. The molecule has 0 aliphatic heterocycles. The average Bonchev–Trinajstić information content (AvgIpc) is 2.32. The topological polar surface area (TPSA) is 142 Å². The van der Waals surface area contributed by atoms with Crippen LogP contribution in [0.3, 0.4) is 0 Å². The first-order valence-electron chi connectivity index (χ1n) is 5.02. The van der Waals surface area contributed by atoms with Crippen molar-refractivity contribution in [3.8, 4) is 17.2 Å². The van der Waals surface area contributed by atoms with Crippen LogP contribution in [-0.4, -0.2) is 44.3 Å². The Hall–Kier alpha value is -2.03. The summed E-state index contributed by atoms with van der Waals surface area (Å²) in [6.45, 7) is -0.298. The van der Waals surface area contributed by atoms with Gasteiger partial charge in [0.15, 0.2) is 17.2 Å². The van der Waals surface area contributed by atoms with E-state index in [0.717, 1.165) is 0 Å². The number of hydrogen-bond donors (Lipinski definition) is 7. The SMILES string of the molecule is O=C(CNC(O)Cc1cc(O)c(O)c(O)c1)NO. The number of benzene rings is 1. The van der Waals surface area contributed by atoms with Crippen LogP contribution in [0.25, 0.3) is 0 Å². The largest absolute Gasteiger partial charge is 0.504 e. The molecule has 0 radical (unpaired) electrons. The fourth-order valence-corrected chi connectivity index (χ4v) is 1.32. The Morgan fingerprint density at radius 3 is 2.28 bits per heavy atom. The number of aliphatic hydroxyl groups excluding tert-OH is 1. The normalized spacial score (nSPS) is 12.1. The minimum Gasteiger partial charge on any atom is -0.504 e. The first-order valence-corrected chi connectivity index (χ1v) is 5.02. The summed E-state index contributed by atoms with van der Waals surface area (Å²) in [5, 5.41) is 47.7. The summed E-state index contributed by atoms with van der Waals surface area (Å²) < 4.78 is 0. The Labute approximate surface area is 102 Å². The highest BCUT2D eigenvalue weighted by atomic mass is 16.5. The van der Waals surface area contributed by atoms with E-state index in [4.69, 9.17) is 10.3 Å². The van der Waals surface area contributed by atoms with Crippen LogP contribution < -0.4 is 10.8 Å². The summed E-state index contributed by atoms with van der Waals surface area (Å²) in [5.74, 6) is -2.37. The Kier molecular flexibility index (Phi) is 4.72. The molecule has 100 valence electrons. The summed E-state index contributed by atoms with van der Waals surface area (Å²) in [6, 6.07) is 2.35. The number of rotatable bonds is 5. The molecule has 0 saturated heterocycles. The van der Waals surface area contributed by atoms with Crippen molar-refractivity contribution in [1.82, 2.24) is 10.8 Å². The maximum Gasteiger partial charge on any atom is 0.257 e. The van der Waals surface area contributed by atoms with Gasteiger partial charge in [-0.2, -0.15) is 0 Å². The Bertz CT molecular complexity index is 413. The van der Waals surface area contributed by atoms with E-state index < -0.39 is 29.4 Å². The van der Waals surface area contributed by atoms with Crippen LogP contribution in [0.5, 0.6) is 17.2 Å². The second kappa shape index (κ2) is 6.05. The van der Waals surface area contributed by atoms with Crippen LogP contribution in [0.4, 0.5) is 0 Å². The van der Waals surface area contributed by atoms with Gasteiger partial charge in [-0.3, -0.25) is 15.3 Å². The number of amides is 1. The highest BCUT2D eigenvalue weighted by Crippen LogP contribution is 2.35. The van der Waals surface area contributed by atoms with Gasteiger partial charge >= 0.3 is 0 Å². The van der Waals surface area contributed by atoms with E-state index >= 15 is 0 Å². The van der Waals surface area contributed by atoms with Crippen molar-refractivity contribution in [2.24, 2.45) is 0 Å². The number of carbonyl (C=O) groups excluding carboxylic acids is 1. The molecule has 0 spiro atoms. The molecule has 1 aromatic carbocycles. The first kappa shape index (κ1) is 14.0. The van der Waals surface area contributed by atoms with E-state index in [1.807, 2.05) is 0 Å². The van der Waals surface area contributed by atoms with Gasteiger partial charge in [-0.15, -0.1) is 0 Å². The smallest absolute Gasteiger partial charge is 0.257 e. The number of aliphatic hydroxyl groups is 1. The summed E-state index contributed by atoms with van der Waals surface area (Å²) >= 11 is 0. The predicted molar refractivity (Wildman–Crippen MR) is 59.1 cm³/mol. The predicted octanol–water partition coefficient (Wildman–Crippen LogP) is -1.24. The molecule has 1 unspecified atom stereocenters. The third-order valence-corrected chi connectivity index (χ3v) is 2.18. The van der Waals surface area contributed by atoms with E-state index in [1.165, 1.54) is 17.6 Å². The maximum absolute atomic E-state index is 10.7. The molecule has 0 aromatic heterocycles. The van der Waals surface area contributed by atoms with E-state index in [-0.39, 0.29) is 13.0 Å². The number of phenols is 3. The minimum atomic E-state index is -1.12. The van der Waals surface area contributed by atoms with Crippen molar-refractivity contribution in [2.45, 2.75) is 12.6 Å². The van der Waals surface area contributed by atoms with Gasteiger partial charge in [-0.1, -0.05) is 0 Å². The standard InChI is InChI=1S/C10H14N2O6/c13-6-1-5(2-7(14)10(6)17)3-8(15)11-4-9(16)12-18/h1-2,8,11,13-15,17-18H,3-4H2,(H,12,16). The number of nitrogens with one attached hydrogen (secondary N) is 2. The van der Waals surface area contributed by atoms with E-state index in [1.54, 1.807) is 0 Å². The molecule has 1 aromatic rings. The molecule has 1 amide bonds. The number of aromatic hydroxyl groups is 3. The fourth-order valence-electron chi connectivity index (χ4n) is 1.32. The lowest BCUT2D eigenvalue weighted by Crippen LogP contribution is -2.39. The highest BCUT2D eigenvalue weighted by molar-refractivity contribution is 5.76. The number of carbonyl (C=O) groups is 1. The fraction of sp³-hybridized carbons (Fsp3) is 0.300. The van der Waals surface area contributed by atoms with Crippen molar-refractivity contribution in [1.29, 1.82) is 0 Å². The Balaban J connectivity index is 2.59. The zero-order valence-electron chi connectivity index (χ0n) is 9.29. The Morgan fingerprint density at radius 1 is 1.22 bits per heavy atom. The van der Waals surface area contributed by atoms with Crippen molar-refractivity contribution in [3.63, 3.8) is 0 Å². The summed E-state index contributed by atoms with van der Waals surface area (Å²) in [7, 11) is 0. The van der Waals surface area contributed by atoms with E-state index in [2.05, 4.69) is 5.32 Å². The van der Waals surface area contributed by atoms with Crippen LogP contribution in [0.1, 0.15) is 5.56 Å². The molecule has 1 rings (SSSR count). The maximum atomic E-state index is 10.7. The van der Waals surface area contributed by atoms with Crippen LogP contribution in [0.15, 0.2) is 12.1 Å². The van der Waals surface area contributed by atoms with Gasteiger partial charge in [0.05, 0.1) is 6.54 Å². The van der Waals surface area contributed by atoms with Crippen LogP contribution in [0, 0.1) is 0 Å². The van der Waals surface area contributed by atoms with Gasteiger partial charge in [0.2, 0.25) is 0 Å². The van der Waals surface area contributed by atoms with Crippen LogP contribution >= 0.6 is 0 Å².